The molecule has 0 amide bonds. The number of para-hydroxylation sites is 2. The Hall–Kier alpha value is -3.13. The summed E-state index contributed by atoms with van der Waals surface area (Å²) in [5.41, 5.74) is 2.43. The maximum Gasteiger partial charge on any atom is 0.231 e. The zero-order valence-electron chi connectivity index (χ0n) is 12.4. The van der Waals surface area contributed by atoms with Gasteiger partial charge in [0, 0.05) is 11.8 Å². The molecule has 7 nitrogen and oxygen atoms in total. The zero-order chi connectivity index (χ0) is 16.4. The Kier molecular flexibility index (Phi) is 3.72. The third kappa shape index (κ3) is 2.86. The van der Waals surface area contributed by atoms with Crippen molar-refractivity contribution >= 4 is 33.7 Å². The average Bonchev–Trinajstić information content (AvgIpc) is 3.22. The molecule has 4 rings (SSSR count). The van der Waals surface area contributed by atoms with E-state index in [0.29, 0.717) is 17.2 Å². The van der Waals surface area contributed by atoms with Gasteiger partial charge in [-0.05, 0) is 24.3 Å². The number of benzene rings is 2. The number of aromatic hydroxyl groups is 1. The molecule has 24 heavy (non-hydrogen) atoms. The minimum Gasteiger partial charge on any atom is -0.507 e. The number of hydrogen-bond donors (Lipinski definition) is 1. The fraction of sp³-hybridized carbons (Fsp3) is 0.0625. The first kappa shape index (κ1) is 14.5. The van der Waals surface area contributed by atoms with Crippen molar-refractivity contribution in [2.24, 2.45) is 4.99 Å². The number of rotatable bonds is 4. The molecule has 2 aromatic carbocycles. The zero-order valence-corrected chi connectivity index (χ0v) is 13.3. The highest BCUT2D eigenvalue weighted by Gasteiger charge is 2.08. The number of aromatic nitrogens is 5. The molecule has 4 aromatic rings. The standard InChI is InChI=1S/C16H12N6OS/c23-14-8-4-1-5-11(14)9-17-16-20-19-15(24-16)10-22-13-7-3-2-6-12(13)18-21-22/h1-9,23H,10H2/b17-9+. The summed E-state index contributed by atoms with van der Waals surface area (Å²) >= 11 is 1.37. The Balaban J connectivity index is 1.54. The highest BCUT2D eigenvalue weighted by Crippen LogP contribution is 2.21. The minimum absolute atomic E-state index is 0.181. The van der Waals surface area contributed by atoms with Crippen LogP contribution in [0.25, 0.3) is 11.0 Å². The van der Waals surface area contributed by atoms with Gasteiger partial charge in [0.2, 0.25) is 5.13 Å². The molecule has 0 saturated heterocycles. The van der Waals surface area contributed by atoms with Gasteiger partial charge in [-0.25, -0.2) is 9.67 Å². The molecule has 0 radical (unpaired) electrons. The molecule has 1 N–H and O–H groups in total. The van der Waals surface area contributed by atoms with Crippen molar-refractivity contribution in [3.8, 4) is 5.75 Å². The van der Waals surface area contributed by atoms with E-state index in [1.807, 2.05) is 30.3 Å². The van der Waals surface area contributed by atoms with Gasteiger partial charge in [0.1, 0.15) is 16.3 Å². The van der Waals surface area contributed by atoms with E-state index in [9.17, 15) is 5.11 Å². The van der Waals surface area contributed by atoms with Crippen LogP contribution >= 0.6 is 11.3 Å². The molecule has 8 heteroatoms. The summed E-state index contributed by atoms with van der Waals surface area (Å²) in [5.74, 6) is 0.181. The largest absolute Gasteiger partial charge is 0.507 e. The molecule has 0 atom stereocenters. The van der Waals surface area contributed by atoms with Gasteiger partial charge in [-0.1, -0.05) is 40.8 Å². The third-order valence-corrected chi connectivity index (χ3v) is 4.23. The van der Waals surface area contributed by atoms with Crippen LogP contribution in [0.2, 0.25) is 0 Å². The molecule has 0 fully saturated rings. The molecule has 2 heterocycles. The van der Waals surface area contributed by atoms with Crippen LogP contribution in [-0.4, -0.2) is 36.5 Å². The van der Waals surface area contributed by atoms with Crippen molar-refractivity contribution in [3.63, 3.8) is 0 Å². The summed E-state index contributed by atoms with van der Waals surface area (Å²) in [7, 11) is 0. The summed E-state index contributed by atoms with van der Waals surface area (Å²) in [6, 6.07) is 14.8. The van der Waals surface area contributed by atoms with Crippen molar-refractivity contribution in [1.29, 1.82) is 0 Å². The van der Waals surface area contributed by atoms with Gasteiger partial charge in [-0.3, -0.25) is 0 Å². The summed E-state index contributed by atoms with van der Waals surface area (Å²) in [6.45, 7) is 0.490. The lowest BCUT2D eigenvalue weighted by molar-refractivity contribution is 0.474. The van der Waals surface area contributed by atoms with Gasteiger partial charge in [0.15, 0.2) is 0 Å². The Bertz CT molecular complexity index is 1020. The molecule has 0 saturated carbocycles. The topological polar surface area (TPSA) is 89.1 Å². The highest BCUT2D eigenvalue weighted by atomic mass is 32.1. The van der Waals surface area contributed by atoms with E-state index in [0.717, 1.165) is 16.0 Å². The Morgan fingerprint density at radius 2 is 1.88 bits per heavy atom. The van der Waals surface area contributed by atoms with Crippen LogP contribution in [0.5, 0.6) is 5.75 Å². The summed E-state index contributed by atoms with van der Waals surface area (Å²) in [5, 5.41) is 27.5. The minimum atomic E-state index is 0.181. The summed E-state index contributed by atoms with van der Waals surface area (Å²) in [4.78, 5) is 4.26. The van der Waals surface area contributed by atoms with Crippen molar-refractivity contribution in [2.45, 2.75) is 6.54 Å². The molecule has 0 bridgehead atoms. The van der Waals surface area contributed by atoms with E-state index in [1.165, 1.54) is 11.3 Å². The lowest BCUT2D eigenvalue weighted by Crippen LogP contribution is -2.01. The van der Waals surface area contributed by atoms with Crippen molar-refractivity contribution in [3.05, 3.63) is 59.1 Å². The molecular weight excluding hydrogens is 324 g/mol. The second-order valence-electron chi connectivity index (χ2n) is 5.03. The lowest BCUT2D eigenvalue weighted by Gasteiger charge is -1.97. The van der Waals surface area contributed by atoms with Crippen LogP contribution in [0.15, 0.2) is 53.5 Å². The quantitative estimate of drug-likeness (QED) is 0.579. The average molecular weight is 336 g/mol. The van der Waals surface area contributed by atoms with Crippen molar-refractivity contribution in [2.75, 3.05) is 0 Å². The van der Waals surface area contributed by atoms with Gasteiger partial charge in [-0.15, -0.1) is 15.3 Å². The van der Waals surface area contributed by atoms with Crippen LogP contribution in [-0.2, 0) is 6.54 Å². The highest BCUT2D eigenvalue weighted by molar-refractivity contribution is 7.14. The predicted octanol–water partition coefficient (Wildman–Crippen LogP) is 2.79. The molecule has 0 aliphatic heterocycles. The lowest BCUT2D eigenvalue weighted by atomic mass is 10.2. The third-order valence-electron chi connectivity index (χ3n) is 3.41. The first-order valence-electron chi connectivity index (χ1n) is 7.22. The van der Waals surface area contributed by atoms with Gasteiger partial charge >= 0.3 is 0 Å². The van der Waals surface area contributed by atoms with E-state index in [4.69, 9.17) is 0 Å². The van der Waals surface area contributed by atoms with Crippen molar-refractivity contribution in [1.82, 2.24) is 25.2 Å². The van der Waals surface area contributed by atoms with Crippen LogP contribution < -0.4 is 0 Å². The molecule has 0 spiro atoms. The first-order valence-corrected chi connectivity index (χ1v) is 8.04. The van der Waals surface area contributed by atoms with E-state index in [1.54, 1.807) is 29.1 Å². The Morgan fingerprint density at radius 3 is 2.79 bits per heavy atom. The van der Waals surface area contributed by atoms with Gasteiger partial charge in [-0.2, -0.15) is 0 Å². The van der Waals surface area contributed by atoms with E-state index >= 15 is 0 Å². The van der Waals surface area contributed by atoms with E-state index in [-0.39, 0.29) is 5.75 Å². The second kappa shape index (κ2) is 6.17. The smallest absolute Gasteiger partial charge is 0.231 e. The van der Waals surface area contributed by atoms with Crippen LogP contribution in [0.4, 0.5) is 5.13 Å². The van der Waals surface area contributed by atoms with Gasteiger partial charge in [0.25, 0.3) is 0 Å². The number of phenols is 1. The number of aliphatic imine (C=N–C) groups is 1. The molecular formula is C16H12N6OS. The summed E-state index contributed by atoms with van der Waals surface area (Å²) < 4.78 is 1.78. The Labute approximate surface area is 140 Å². The van der Waals surface area contributed by atoms with E-state index < -0.39 is 0 Å². The molecule has 118 valence electrons. The monoisotopic (exact) mass is 336 g/mol. The van der Waals surface area contributed by atoms with Gasteiger partial charge < -0.3 is 5.11 Å². The fourth-order valence-corrected chi connectivity index (χ4v) is 2.91. The van der Waals surface area contributed by atoms with Crippen LogP contribution in [0, 0.1) is 0 Å². The number of fused-ring (bicyclic) bond motifs is 1. The predicted molar refractivity (Wildman–Crippen MR) is 91.9 cm³/mol. The molecule has 0 unspecified atom stereocenters. The number of phenolic OH excluding ortho intramolecular Hbond substituents is 1. The first-order chi connectivity index (χ1) is 11.8. The molecule has 2 aromatic heterocycles. The number of hydrogen-bond acceptors (Lipinski definition) is 7. The molecule has 0 aliphatic rings. The van der Waals surface area contributed by atoms with Crippen LogP contribution in [0.3, 0.4) is 0 Å². The van der Waals surface area contributed by atoms with Crippen molar-refractivity contribution < 1.29 is 5.11 Å². The second-order valence-corrected chi connectivity index (χ2v) is 6.07. The van der Waals surface area contributed by atoms with E-state index in [2.05, 4.69) is 25.5 Å². The maximum atomic E-state index is 9.72. The fourth-order valence-electron chi connectivity index (χ4n) is 2.24. The molecule has 0 aliphatic carbocycles. The Morgan fingerprint density at radius 1 is 1.04 bits per heavy atom. The normalized spacial score (nSPS) is 11.5. The number of nitrogens with zero attached hydrogens (tertiary/aromatic N) is 6. The van der Waals surface area contributed by atoms with Gasteiger partial charge in [0.05, 0.1) is 12.1 Å². The summed E-state index contributed by atoms with van der Waals surface area (Å²) in [6.07, 6.45) is 1.57. The SMILES string of the molecule is Oc1ccccc1/C=N/c1nnc(Cn2nnc3ccccc32)s1. The van der Waals surface area contributed by atoms with Crippen LogP contribution in [0.1, 0.15) is 10.6 Å². The maximum absolute atomic E-state index is 9.72.